The average molecular weight is 368 g/mol. The molecule has 0 aromatic carbocycles. The molecule has 3 N–H and O–H groups in total. The first-order chi connectivity index (χ1) is 11.2. The number of rotatable bonds is 15. The quantitative estimate of drug-likeness (QED) is 0.296. The molecule has 0 radical (unpaired) electrons. The van der Waals surface area contributed by atoms with Gasteiger partial charge in [-0.15, -0.1) is 0 Å². The summed E-state index contributed by atoms with van der Waals surface area (Å²) in [6, 6.07) is 0. The van der Waals surface area contributed by atoms with Crippen LogP contribution in [0.4, 0.5) is 0 Å². The van der Waals surface area contributed by atoms with E-state index in [1.165, 1.54) is 19.3 Å². The summed E-state index contributed by atoms with van der Waals surface area (Å²) in [6.07, 6.45) is 5.70. The molecule has 0 aliphatic heterocycles. The van der Waals surface area contributed by atoms with Gasteiger partial charge in [0.05, 0.1) is 6.42 Å². The Balaban J connectivity index is 4.26. The van der Waals surface area contributed by atoms with Gasteiger partial charge >= 0.3 is 11.9 Å². The Hall–Kier alpha value is -1.19. The molecule has 0 saturated heterocycles. The normalized spacial score (nSPS) is 14.2. The minimum Gasteiger partial charge on any atom is -0.481 e. The van der Waals surface area contributed by atoms with Gasteiger partial charge in [-0.05, 0) is 6.42 Å². The van der Waals surface area contributed by atoms with E-state index in [0.717, 1.165) is 25.7 Å². The second-order valence-corrected chi connectivity index (χ2v) is 7.56. The van der Waals surface area contributed by atoms with Gasteiger partial charge in [-0.25, -0.2) is 0 Å². The van der Waals surface area contributed by atoms with E-state index in [4.69, 9.17) is 19.5 Å². The number of carboxylic acid groups (broad SMARTS) is 2. The van der Waals surface area contributed by atoms with Crippen molar-refractivity contribution in [1.82, 2.24) is 0 Å². The molecule has 0 fully saturated rings. The van der Waals surface area contributed by atoms with E-state index in [0.29, 0.717) is 6.61 Å². The van der Waals surface area contributed by atoms with Crippen LogP contribution in [0.5, 0.6) is 0 Å². The Morgan fingerprint density at radius 1 is 0.958 bits per heavy atom. The van der Waals surface area contributed by atoms with Crippen molar-refractivity contribution in [3.8, 4) is 0 Å². The average Bonchev–Trinajstić information content (AvgIpc) is 2.46. The lowest BCUT2D eigenvalue weighted by atomic mass is 10.0. The van der Waals surface area contributed by atoms with Crippen LogP contribution in [0.2, 0.25) is 0 Å². The van der Waals surface area contributed by atoms with Crippen molar-refractivity contribution in [1.29, 1.82) is 0 Å². The summed E-state index contributed by atoms with van der Waals surface area (Å²) in [7, 11) is -5.09. The number of aliphatic carboxylic acids is 2. The largest absolute Gasteiger partial charge is 0.481 e. The molecule has 0 aliphatic rings. The summed E-state index contributed by atoms with van der Waals surface area (Å²) in [4.78, 5) is 22.0. The van der Waals surface area contributed by atoms with Gasteiger partial charge in [0.1, 0.15) is 0 Å². The standard InChI is InChI=1S/C15H28O8S/c1-2-3-4-5-6-7-8-10-23-11-9-15(14(18)19,12-13(16)17)24(20,21)22/h2-12H2,1H3,(H,16,17)(H,18,19)(H,20,21,22). The molecular weight excluding hydrogens is 340 g/mol. The summed E-state index contributed by atoms with van der Waals surface area (Å²) in [5.41, 5.74) is 0. The Labute approximate surface area is 143 Å². The van der Waals surface area contributed by atoms with Crippen molar-refractivity contribution < 1.29 is 37.5 Å². The highest BCUT2D eigenvalue weighted by atomic mass is 32.2. The summed E-state index contributed by atoms with van der Waals surface area (Å²) >= 11 is 0. The maximum atomic E-state index is 11.4. The Morgan fingerprint density at radius 2 is 1.50 bits per heavy atom. The monoisotopic (exact) mass is 368 g/mol. The SMILES string of the molecule is CCCCCCCCCOCCC(CC(=O)O)(C(=O)O)S(=O)(=O)O. The zero-order valence-corrected chi connectivity index (χ0v) is 14.9. The minimum atomic E-state index is -5.09. The van der Waals surface area contributed by atoms with Gasteiger partial charge in [0, 0.05) is 19.6 Å². The predicted octanol–water partition coefficient (Wildman–Crippen LogP) is 2.33. The van der Waals surface area contributed by atoms with Crippen molar-refractivity contribution >= 4 is 22.1 Å². The number of unbranched alkanes of at least 4 members (excludes halogenated alkanes) is 6. The Kier molecular flexibility index (Phi) is 10.8. The van der Waals surface area contributed by atoms with Crippen LogP contribution in [0, 0.1) is 0 Å². The zero-order chi connectivity index (χ0) is 18.6. The van der Waals surface area contributed by atoms with E-state index >= 15 is 0 Å². The van der Waals surface area contributed by atoms with Gasteiger partial charge in [0.25, 0.3) is 10.1 Å². The lowest BCUT2D eigenvalue weighted by Gasteiger charge is -2.24. The lowest BCUT2D eigenvalue weighted by molar-refractivity contribution is -0.147. The highest BCUT2D eigenvalue weighted by molar-refractivity contribution is 7.88. The fraction of sp³-hybridized carbons (Fsp3) is 0.867. The molecule has 0 aromatic rings. The molecule has 0 rings (SSSR count). The summed E-state index contributed by atoms with van der Waals surface area (Å²) < 4.78 is 34.4. The second-order valence-electron chi connectivity index (χ2n) is 5.83. The van der Waals surface area contributed by atoms with Crippen LogP contribution >= 0.6 is 0 Å². The maximum Gasteiger partial charge on any atom is 0.328 e. The highest BCUT2D eigenvalue weighted by Crippen LogP contribution is 2.26. The van der Waals surface area contributed by atoms with E-state index in [2.05, 4.69) is 6.92 Å². The molecule has 8 nitrogen and oxygen atoms in total. The molecule has 1 atom stereocenters. The van der Waals surface area contributed by atoms with Gasteiger partial charge in [-0.1, -0.05) is 45.4 Å². The van der Waals surface area contributed by atoms with Crippen molar-refractivity contribution in [3.05, 3.63) is 0 Å². The first kappa shape index (κ1) is 22.8. The number of hydrogen-bond donors (Lipinski definition) is 3. The van der Waals surface area contributed by atoms with E-state index in [-0.39, 0.29) is 6.61 Å². The molecule has 142 valence electrons. The first-order valence-electron chi connectivity index (χ1n) is 8.17. The van der Waals surface area contributed by atoms with E-state index < -0.39 is 39.6 Å². The highest BCUT2D eigenvalue weighted by Gasteiger charge is 2.52. The van der Waals surface area contributed by atoms with Crippen LogP contribution in [-0.4, -0.2) is 53.1 Å². The molecule has 24 heavy (non-hydrogen) atoms. The van der Waals surface area contributed by atoms with E-state index in [1.807, 2.05) is 0 Å². The molecule has 0 amide bonds. The summed E-state index contributed by atoms with van der Waals surface area (Å²) in [5, 5.41) is 17.8. The number of carbonyl (C=O) groups is 2. The molecule has 0 heterocycles. The topological polar surface area (TPSA) is 138 Å². The van der Waals surface area contributed by atoms with Crippen molar-refractivity contribution in [3.63, 3.8) is 0 Å². The lowest BCUT2D eigenvalue weighted by Crippen LogP contribution is -2.48. The number of ether oxygens (including phenoxy) is 1. The molecular formula is C15H28O8S. The molecule has 0 aliphatic carbocycles. The van der Waals surface area contributed by atoms with E-state index in [1.54, 1.807) is 0 Å². The van der Waals surface area contributed by atoms with E-state index in [9.17, 15) is 18.0 Å². The second kappa shape index (κ2) is 11.4. The maximum absolute atomic E-state index is 11.4. The fourth-order valence-corrected chi connectivity index (χ4v) is 3.21. The zero-order valence-electron chi connectivity index (χ0n) is 14.1. The van der Waals surface area contributed by atoms with Crippen molar-refractivity contribution in [2.75, 3.05) is 13.2 Å². The van der Waals surface area contributed by atoms with Crippen molar-refractivity contribution in [2.24, 2.45) is 0 Å². The molecule has 0 saturated carbocycles. The van der Waals surface area contributed by atoms with Gasteiger partial charge < -0.3 is 14.9 Å². The third kappa shape index (κ3) is 8.07. The number of hydrogen-bond acceptors (Lipinski definition) is 5. The number of carboxylic acids is 2. The molecule has 1 unspecified atom stereocenters. The minimum absolute atomic E-state index is 0.255. The smallest absolute Gasteiger partial charge is 0.328 e. The molecule has 0 aromatic heterocycles. The Morgan fingerprint density at radius 3 is 1.96 bits per heavy atom. The van der Waals surface area contributed by atoms with Crippen molar-refractivity contribution in [2.45, 2.75) is 69.5 Å². The van der Waals surface area contributed by atoms with Gasteiger partial charge in [0.15, 0.2) is 0 Å². The fourth-order valence-electron chi connectivity index (χ4n) is 2.35. The van der Waals surface area contributed by atoms with Crippen LogP contribution in [0.25, 0.3) is 0 Å². The van der Waals surface area contributed by atoms with Gasteiger partial charge in [-0.2, -0.15) is 8.42 Å². The van der Waals surface area contributed by atoms with Crippen LogP contribution in [0.3, 0.4) is 0 Å². The third-order valence-corrected chi connectivity index (χ3v) is 5.37. The molecule has 9 heteroatoms. The van der Waals surface area contributed by atoms with Crippen LogP contribution in [0.1, 0.15) is 64.7 Å². The first-order valence-corrected chi connectivity index (χ1v) is 9.61. The summed E-state index contributed by atoms with van der Waals surface area (Å²) in [5.74, 6) is -3.52. The van der Waals surface area contributed by atoms with Gasteiger partial charge in [-0.3, -0.25) is 14.1 Å². The van der Waals surface area contributed by atoms with Crippen LogP contribution < -0.4 is 0 Å². The van der Waals surface area contributed by atoms with Crippen LogP contribution in [-0.2, 0) is 24.4 Å². The van der Waals surface area contributed by atoms with Gasteiger partial charge in [0.2, 0.25) is 4.75 Å². The predicted molar refractivity (Wildman–Crippen MR) is 87.6 cm³/mol. The summed E-state index contributed by atoms with van der Waals surface area (Å²) in [6.45, 7) is 2.22. The Bertz CT molecular complexity index is 488. The van der Waals surface area contributed by atoms with Crippen LogP contribution in [0.15, 0.2) is 0 Å². The molecule has 0 spiro atoms. The molecule has 0 bridgehead atoms. The third-order valence-electron chi connectivity index (χ3n) is 3.86.